The van der Waals surface area contributed by atoms with Gasteiger partial charge in [-0.15, -0.1) is 0 Å². The maximum atomic E-state index is 12.3. The molecule has 3 aromatic rings. The zero-order chi connectivity index (χ0) is 19.5. The third-order valence-electron chi connectivity index (χ3n) is 5.22. The van der Waals surface area contributed by atoms with Crippen molar-refractivity contribution in [3.63, 3.8) is 0 Å². The third kappa shape index (κ3) is 4.04. The molecule has 7 heteroatoms. The minimum Gasteiger partial charge on any atom is -0.353 e. The fourth-order valence-corrected chi connectivity index (χ4v) is 4.58. The Morgan fingerprint density at radius 1 is 1.21 bits per heavy atom. The molecule has 1 aromatic carbocycles. The molecule has 28 heavy (non-hydrogen) atoms. The summed E-state index contributed by atoms with van der Waals surface area (Å²) in [6, 6.07) is 6.60. The molecule has 4 rings (SSSR count). The summed E-state index contributed by atoms with van der Waals surface area (Å²) >= 11 is 1.45. The Balaban J connectivity index is 1.51. The zero-order valence-corrected chi connectivity index (χ0v) is 17.1. The number of carbonyl (C=O) groups is 1. The van der Waals surface area contributed by atoms with Crippen LogP contribution < -0.4 is 5.32 Å². The second-order valence-electron chi connectivity index (χ2n) is 7.45. The van der Waals surface area contributed by atoms with Crippen molar-refractivity contribution >= 4 is 28.7 Å². The highest BCUT2D eigenvalue weighted by atomic mass is 32.2. The molecule has 0 atom stereocenters. The number of thioether (sulfide) groups is 1. The van der Waals surface area contributed by atoms with Crippen LogP contribution in [0.1, 0.15) is 43.2 Å². The van der Waals surface area contributed by atoms with E-state index in [0.717, 1.165) is 40.2 Å². The number of aryl methyl sites for hydroxylation is 2. The minimum absolute atomic E-state index is 0.0745. The van der Waals surface area contributed by atoms with Crippen molar-refractivity contribution < 1.29 is 4.79 Å². The van der Waals surface area contributed by atoms with E-state index in [1.165, 1.54) is 36.6 Å². The van der Waals surface area contributed by atoms with Crippen molar-refractivity contribution in [2.75, 3.05) is 5.75 Å². The number of benzene rings is 1. The van der Waals surface area contributed by atoms with Crippen LogP contribution in [0.3, 0.4) is 0 Å². The topological polar surface area (TPSA) is 72.7 Å². The number of nitrogens with zero attached hydrogens (tertiary/aromatic N) is 4. The summed E-state index contributed by atoms with van der Waals surface area (Å²) in [5.74, 6) is 0.433. The van der Waals surface area contributed by atoms with Crippen LogP contribution in [-0.2, 0) is 4.79 Å². The Labute approximate surface area is 169 Å². The van der Waals surface area contributed by atoms with Crippen LogP contribution in [0.25, 0.3) is 16.7 Å². The molecule has 1 amide bonds. The van der Waals surface area contributed by atoms with Crippen LogP contribution in [0, 0.1) is 13.8 Å². The number of aromatic nitrogens is 4. The summed E-state index contributed by atoms with van der Waals surface area (Å²) < 4.78 is 1.85. The first-order chi connectivity index (χ1) is 13.6. The predicted molar refractivity (Wildman–Crippen MR) is 112 cm³/mol. The minimum atomic E-state index is 0.0745. The summed E-state index contributed by atoms with van der Waals surface area (Å²) in [4.78, 5) is 21.2. The van der Waals surface area contributed by atoms with Crippen LogP contribution in [0.5, 0.6) is 0 Å². The maximum absolute atomic E-state index is 12.3. The monoisotopic (exact) mass is 395 g/mol. The standard InChI is InChI=1S/C21H25N5OS/c1-14-8-9-18(15(2)10-14)26-20-17(11-24-26)21(23-13-22-20)28-12-19(27)25-16-6-4-3-5-7-16/h8-11,13,16H,3-7,12H2,1-2H3,(H,25,27). The van der Waals surface area contributed by atoms with E-state index in [2.05, 4.69) is 52.4 Å². The predicted octanol–water partition coefficient (Wildman–Crippen LogP) is 3.97. The van der Waals surface area contributed by atoms with E-state index < -0.39 is 0 Å². The maximum Gasteiger partial charge on any atom is 0.230 e. The highest BCUT2D eigenvalue weighted by molar-refractivity contribution is 8.00. The van der Waals surface area contributed by atoms with E-state index in [1.807, 2.05) is 4.68 Å². The summed E-state index contributed by atoms with van der Waals surface area (Å²) in [5.41, 5.74) is 4.12. The summed E-state index contributed by atoms with van der Waals surface area (Å²) in [5, 5.41) is 9.36. The molecule has 0 bridgehead atoms. The first-order valence-corrected chi connectivity index (χ1v) is 10.8. The van der Waals surface area contributed by atoms with Crippen molar-refractivity contribution in [1.82, 2.24) is 25.1 Å². The summed E-state index contributed by atoms with van der Waals surface area (Å²) in [6.07, 6.45) is 9.23. The Morgan fingerprint density at radius 3 is 2.82 bits per heavy atom. The van der Waals surface area contributed by atoms with Crippen LogP contribution in [0.4, 0.5) is 0 Å². The van der Waals surface area contributed by atoms with E-state index in [-0.39, 0.29) is 5.91 Å². The van der Waals surface area contributed by atoms with Crippen molar-refractivity contribution in [3.8, 4) is 5.69 Å². The lowest BCUT2D eigenvalue weighted by Gasteiger charge is -2.22. The Bertz CT molecular complexity index is 994. The lowest BCUT2D eigenvalue weighted by Crippen LogP contribution is -2.37. The number of hydrogen-bond acceptors (Lipinski definition) is 5. The molecule has 1 aliphatic carbocycles. The number of hydrogen-bond donors (Lipinski definition) is 1. The smallest absolute Gasteiger partial charge is 0.230 e. The molecule has 0 radical (unpaired) electrons. The zero-order valence-electron chi connectivity index (χ0n) is 16.3. The van der Waals surface area contributed by atoms with E-state index in [1.54, 1.807) is 12.5 Å². The molecule has 0 unspecified atom stereocenters. The second-order valence-corrected chi connectivity index (χ2v) is 8.42. The first-order valence-electron chi connectivity index (χ1n) is 9.80. The van der Waals surface area contributed by atoms with Gasteiger partial charge in [-0.05, 0) is 38.3 Å². The largest absolute Gasteiger partial charge is 0.353 e. The number of fused-ring (bicyclic) bond motifs is 1. The molecule has 2 heterocycles. The molecule has 1 N–H and O–H groups in total. The molecule has 0 aliphatic heterocycles. The van der Waals surface area contributed by atoms with Gasteiger partial charge in [-0.25, -0.2) is 14.6 Å². The SMILES string of the molecule is Cc1ccc(-n2ncc3c(SCC(=O)NC4CCCCC4)ncnc32)c(C)c1. The van der Waals surface area contributed by atoms with E-state index in [0.29, 0.717) is 11.8 Å². The Hall–Kier alpha value is -2.41. The molecule has 1 aliphatic rings. The number of carbonyl (C=O) groups excluding carboxylic acids is 1. The fourth-order valence-electron chi connectivity index (χ4n) is 3.81. The lowest BCUT2D eigenvalue weighted by molar-refractivity contribution is -0.119. The molecule has 0 saturated heterocycles. The van der Waals surface area contributed by atoms with Crippen LogP contribution in [0.2, 0.25) is 0 Å². The number of rotatable bonds is 5. The Kier molecular flexibility index (Phi) is 5.62. The van der Waals surface area contributed by atoms with Crippen molar-refractivity contribution in [2.45, 2.75) is 57.0 Å². The number of nitrogens with one attached hydrogen (secondary N) is 1. The lowest BCUT2D eigenvalue weighted by atomic mass is 9.95. The van der Waals surface area contributed by atoms with Gasteiger partial charge in [0.25, 0.3) is 0 Å². The van der Waals surface area contributed by atoms with E-state index >= 15 is 0 Å². The molecule has 1 saturated carbocycles. The average Bonchev–Trinajstić information content (AvgIpc) is 3.12. The van der Waals surface area contributed by atoms with Crippen molar-refractivity contribution in [1.29, 1.82) is 0 Å². The van der Waals surface area contributed by atoms with Gasteiger partial charge < -0.3 is 5.32 Å². The molecule has 1 fully saturated rings. The average molecular weight is 396 g/mol. The van der Waals surface area contributed by atoms with Gasteiger partial charge in [0.15, 0.2) is 5.65 Å². The van der Waals surface area contributed by atoms with Gasteiger partial charge in [-0.3, -0.25) is 4.79 Å². The van der Waals surface area contributed by atoms with Crippen molar-refractivity contribution in [2.24, 2.45) is 0 Å². The van der Waals surface area contributed by atoms with Gasteiger partial charge in [0.05, 0.1) is 23.0 Å². The van der Waals surface area contributed by atoms with Crippen LogP contribution in [-0.4, -0.2) is 37.5 Å². The van der Waals surface area contributed by atoms with Gasteiger partial charge in [0.2, 0.25) is 5.91 Å². The molecule has 6 nitrogen and oxygen atoms in total. The fraction of sp³-hybridized carbons (Fsp3) is 0.429. The van der Waals surface area contributed by atoms with Gasteiger partial charge in [-0.2, -0.15) is 5.10 Å². The molecule has 0 spiro atoms. The van der Waals surface area contributed by atoms with Crippen LogP contribution >= 0.6 is 11.8 Å². The van der Waals surface area contributed by atoms with Gasteiger partial charge >= 0.3 is 0 Å². The summed E-state index contributed by atoms with van der Waals surface area (Å²) in [6.45, 7) is 4.15. The first kappa shape index (κ1) is 18.9. The van der Waals surface area contributed by atoms with Crippen LogP contribution in [0.15, 0.2) is 35.7 Å². The third-order valence-corrected chi connectivity index (χ3v) is 6.23. The van der Waals surface area contributed by atoms with Gasteiger partial charge in [0, 0.05) is 6.04 Å². The number of amides is 1. The molecule has 146 valence electrons. The van der Waals surface area contributed by atoms with Gasteiger partial charge in [-0.1, -0.05) is 48.7 Å². The molecular weight excluding hydrogens is 370 g/mol. The Morgan fingerprint density at radius 2 is 2.04 bits per heavy atom. The second kappa shape index (κ2) is 8.31. The highest BCUT2D eigenvalue weighted by Gasteiger charge is 2.17. The van der Waals surface area contributed by atoms with Gasteiger partial charge in [0.1, 0.15) is 11.4 Å². The normalized spacial score (nSPS) is 15.1. The quantitative estimate of drug-likeness (QED) is 0.523. The summed E-state index contributed by atoms with van der Waals surface area (Å²) in [7, 11) is 0. The van der Waals surface area contributed by atoms with Crippen molar-refractivity contribution in [3.05, 3.63) is 41.9 Å². The molecule has 2 aromatic heterocycles. The highest BCUT2D eigenvalue weighted by Crippen LogP contribution is 2.27. The van der Waals surface area contributed by atoms with E-state index in [9.17, 15) is 4.79 Å². The van der Waals surface area contributed by atoms with E-state index in [4.69, 9.17) is 0 Å². The molecular formula is C21H25N5OS.